The van der Waals surface area contributed by atoms with Gasteiger partial charge in [-0.05, 0) is 18.1 Å². The maximum Gasteiger partial charge on any atom is 0.418 e. The van der Waals surface area contributed by atoms with Crippen LogP contribution >= 0.6 is 11.6 Å². The summed E-state index contributed by atoms with van der Waals surface area (Å²) in [5.74, 6) is -3.11. The summed E-state index contributed by atoms with van der Waals surface area (Å²) < 4.78 is 55.5. The highest BCUT2D eigenvalue weighted by Crippen LogP contribution is 2.39. The Labute approximate surface area is 169 Å². The number of hydrogen-bond acceptors (Lipinski definition) is 6. The SMILES string of the molecule is CC(C)c1nccc(C(F)(F)F)c1-n1c(=O)c([N+](=O)[O-])c(O)c2cc(F)c(Cl)nc21. The van der Waals surface area contributed by atoms with Crippen molar-refractivity contribution in [2.75, 3.05) is 0 Å². The lowest BCUT2D eigenvalue weighted by Crippen LogP contribution is -2.27. The normalized spacial score (nSPS) is 12.0. The zero-order chi connectivity index (χ0) is 22.5. The topological polar surface area (TPSA) is 111 Å². The molecule has 158 valence electrons. The van der Waals surface area contributed by atoms with Crippen LogP contribution in [0.5, 0.6) is 5.75 Å². The molecule has 0 fully saturated rings. The number of hydrogen-bond donors (Lipinski definition) is 1. The molecule has 0 aromatic carbocycles. The molecule has 30 heavy (non-hydrogen) atoms. The first-order valence-corrected chi connectivity index (χ1v) is 8.58. The van der Waals surface area contributed by atoms with Gasteiger partial charge in [0.1, 0.15) is 0 Å². The van der Waals surface area contributed by atoms with Crippen LogP contribution in [0.15, 0.2) is 23.1 Å². The zero-order valence-electron chi connectivity index (χ0n) is 15.2. The Kier molecular flexibility index (Phi) is 5.14. The monoisotopic (exact) mass is 446 g/mol. The van der Waals surface area contributed by atoms with Crippen molar-refractivity contribution in [2.45, 2.75) is 25.9 Å². The number of aromatic nitrogens is 3. The maximum absolute atomic E-state index is 13.9. The third-order valence-electron chi connectivity index (χ3n) is 4.22. The van der Waals surface area contributed by atoms with Crippen LogP contribution in [0.2, 0.25) is 5.15 Å². The predicted octanol–water partition coefficient (Wildman–Crippen LogP) is 4.33. The fourth-order valence-electron chi connectivity index (χ4n) is 2.96. The van der Waals surface area contributed by atoms with E-state index in [0.29, 0.717) is 12.1 Å². The Balaban J connectivity index is 2.69. The zero-order valence-corrected chi connectivity index (χ0v) is 15.9. The van der Waals surface area contributed by atoms with E-state index in [1.54, 1.807) is 0 Å². The second-order valence-corrected chi connectivity index (χ2v) is 6.83. The Bertz CT molecular complexity index is 1260. The minimum Gasteiger partial charge on any atom is -0.501 e. The van der Waals surface area contributed by atoms with Crippen LogP contribution in [0.3, 0.4) is 0 Å². The van der Waals surface area contributed by atoms with Crippen molar-refractivity contribution < 1.29 is 27.6 Å². The fourth-order valence-corrected chi connectivity index (χ4v) is 3.10. The van der Waals surface area contributed by atoms with Crippen LogP contribution < -0.4 is 5.56 Å². The van der Waals surface area contributed by atoms with Gasteiger partial charge < -0.3 is 5.11 Å². The molecule has 0 atom stereocenters. The van der Waals surface area contributed by atoms with Crippen molar-refractivity contribution in [1.29, 1.82) is 0 Å². The average molecular weight is 447 g/mol. The average Bonchev–Trinajstić information content (AvgIpc) is 2.62. The van der Waals surface area contributed by atoms with Gasteiger partial charge in [0.25, 0.3) is 0 Å². The van der Waals surface area contributed by atoms with Gasteiger partial charge >= 0.3 is 17.4 Å². The van der Waals surface area contributed by atoms with Gasteiger partial charge in [-0.1, -0.05) is 25.4 Å². The lowest BCUT2D eigenvalue weighted by Gasteiger charge is -2.20. The first-order valence-electron chi connectivity index (χ1n) is 8.20. The van der Waals surface area contributed by atoms with E-state index in [9.17, 15) is 37.6 Å². The van der Waals surface area contributed by atoms with E-state index in [4.69, 9.17) is 11.6 Å². The van der Waals surface area contributed by atoms with Gasteiger partial charge in [0.2, 0.25) is 5.75 Å². The van der Waals surface area contributed by atoms with Gasteiger partial charge in [0, 0.05) is 6.20 Å². The molecule has 0 aliphatic carbocycles. The van der Waals surface area contributed by atoms with Crippen LogP contribution in [-0.4, -0.2) is 24.6 Å². The van der Waals surface area contributed by atoms with Gasteiger partial charge in [-0.25, -0.2) is 9.37 Å². The number of halogens is 5. The second-order valence-electron chi connectivity index (χ2n) is 6.47. The molecule has 0 aliphatic rings. The minimum absolute atomic E-state index is 0.226. The number of nitrogens with zero attached hydrogens (tertiary/aromatic N) is 4. The summed E-state index contributed by atoms with van der Waals surface area (Å²) in [6, 6.07) is 1.13. The Morgan fingerprint density at radius 3 is 2.50 bits per heavy atom. The highest BCUT2D eigenvalue weighted by atomic mass is 35.5. The molecule has 0 radical (unpaired) electrons. The van der Waals surface area contributed by atoms with E-state index in [0.717, 1.165) is 6.20 Å². The standard InChI is InChI=1S/C17H11ClF4N4O4/c1-6(2)10-11(8(3-4-23-10)17(20,21)22)25-15-7(5-9(19)14(18)24-15)13(27)12(16(25)28)26(29)30/h3-6,27H,1-2H3. The lowest BCUT2D eigenvalue weighted by molar-refractivity contribution is -0.387. The molecule has 3 aromatic rings. The molecule has 0 aliphatic heterocycles. The summed E-state index contributed by atoms with van der Waals surface area (Å²) in [5, 5.41) is 20.0. The summed E-state index contributed by atoms with van der Waals surface area (Å²) in [4.78, 5) is 30.4. The molecule has 0 unspecified atom stereocenters. The summed E-state index contributed by atoms with van der Waals surface area (Å²) in [7, 11) is 0. The molecule has 0 saturated carbocycles. The Hall–Kier alpha value is -3.28. The number of pyridine rings is 3. The van der Waals surface area contributed by atoms with Crippen LogP contribution in [0.4, 0.5) is 23.2 Å². The number of nitro groups is 1. The highest BCUT2D eigenvalue weighted by molar-refractivity contribution is 6.30. The molecular formula is C17H11ClF4N4O4. The quantitative estimate of drug-likeness (QED) is 0.277. The number of fused-ring (bicyclic) bond motifs is 1. The van der Waals surface area contributed by atoms with Crippen molar-refractivity contribution in [3.8, 4) is 11.4 Å². The molecule has 13 heteroatoms. The first kappa shape index (κ1) is 21.4. The second kappa shape index (κ2) is 7.20. The lowest BCUT2D eigenvalue weighted by atomic mass is 10.0. The van der Waals surface area contributed by atoms with E-state index >= 15 is 0 Å². The van der Waals surface area contributed by atoms with E-state index in [1.165, 1.54) is 13.8 Å². The fraction of sp³-hybridized carbons (Fsp3) is 0.235. The van der Waals surface area contributed by atoms with Crippen molar-refractivity contribution >= 4 is 28.3 Å². The van der Waals surface area contributed by atoms with E-state index in [1.807, 2.05) is 0 Å². The molecule has 3 heterocycles. The molecule has 0 saturated heterocycles. The molecular weight excluding hydrogens is 436 g/mol. The summed E-state index contributed by atoms with van der Waals surface area (Å²) in [6.07, 6.45) is -4.10. The largest absolute Gasteiger partial charge is 0.501 e. The number of aromatic hydroxyl groups is 1. The third-order valence-corrected chi connectivity index (χ3v) is 4.49. The van der Waals surface area contributed by atoms with Crippen LogP contribution in [0, 0.1) is 15.9 Å². The molecule has 0 bridgehead atoms. The van der Waals surface area contributed by atoms with Gasteiger partial charge in [-0.3, -0.25) is 24.5 Å². The summed E-state index contributed by atoms with van der Waals surface area (Å²) in [5.41, 5.74) is -6.14. The first-order chi connectivity index (χ1) is 13.9. The van der Waals surface area contributed by atoms with Gasteiger partial charge in [-0.15, -0.1) is 0 Å². The van der Waals surface area contributed by atoms with Crippen molar-refractivity contribution in [3.63, 3.8) is 0 Å². The number of alkyl halides is 3. The van der Waals surface area contributed by atoms with E-state index in [2.05, 4.69) is 9.97 Å². The minimum atomic E-state index is -4.98. The van der Waals surface area contributed by atoms with Crippen LogP contribution in [-0.2, 0) is 6.18 Å². The Morgan fingerprint density at radius 2 is 1.97 bits per heavy atom. The van der Waals surface area contributed by atoms with Crippen LogP contribution in [0.25, 0.3) is 16.7 Å². The summed E-state index contributed by atoms with van der Waals surface area (Å²) >= 11 is 5.63. The van der Waals surface area contributed by atoms with Crippen molar-refractivity contribution in [1.82, 2.24) is 14.5 Å². The van der Waals surface area contributed by atoms with Gasteiger partial charge in [-0.2, -0.15) is 13.2 Å². The maximum atomic E-state index is 13.9. The van der Waals surface area contributed by atoms with E-state index in [-0.39, 0.29) is 10.3 Å². The van der Waals surface area contributed by atoms with Crippen molar-refractivity contribution in [2.24, 2.45) is 0 Å². The molecule has 3 aromatic heterocycles. The molecule has 8 nitrogen and oxygen atoms in total. The third kappa shape index (κ3) is 3.32. The van der Waals surface area contributed by atoms with Crippen molar-refractivity contribution in [3.05, 3.63) is 61.0 Å². The highest BCUT2D eigenvalue weighted by Gasteiger charge is 2.38. The molecule has 0 spiro atoms. The van der Waals surface area contributed by atoms with Crippen LogP contribution in [0.1, 0.15) is 31.0 Å². The molecule has 1 N–H and O–H groups in total. The Morgan fingerprint density at radius 1 is 1.33 bits per heavy atom. The van der Waals surface area contributed by atoms with E-state index < -0.39 is 67.3 Å². The smallest absolute Gasteiger partial charge is 0.418 e. The van der Waals surface area contributed by atoms with Gasteiger partial charge in [0.15, 0.2) is 16.6 Å². The molecule has 3 rings (SSSR count). The van der Waals surface area contributed by atoms with Gasteiger partial charge in [0.05, 0.1) is 27.3 Å². The molecule has 0 amide bonds. The number of rotatable bonds is 3. The predicted molar refractivity (Wildman–Crippen MR) is 97.5 cm³/mol. The summed E-state index contributed by atoms with van der Waals surface area (Å²) in [6.45, 7) is 2.99.